The summed E-state index contributed by atoms with van der Waals surface area (Å²) in [5.41, 5.74) is 11.5. The summed E-state index contributed by atoms with van der Waals surface area (Å²) < 4.78 is 2.14. The topological polar surface area (TPSA) is 183 Å². The van der Waals surface area contributed by atoms with Crippen LogP contribution in [0.2, 0.25) is 0 Å². The maximum absolute atomic E-state index is 12.3. The summed E-state index contributed by atoms with van der Waals surface area (Å²) in [6.45, 7) is 1.03. The van der Waals surface area contributed by atoms with Gasteiger partial charge < -0.3 is 36.4 Å². The highest BCUT2D eigenvalue weighted by molar-refractivity contribution is 6.07. The van der Waals surface area contributed by atoms with Crippen molar-refractivity contribution in [3.63, 3.8) is 0 Å². The molecule has 38 heavy (non-hydrogen) atoms. The molecule has 0 radical (unpaired) electrons. The lowest BCUT2D eigenvalue weighted by molar-refractivity contribution is -0.255. The Bertz CT molecular complexity index is 1470. The Kier molecular flexibility index (Phi) is 9.36. The number of carbonyl (C=O) groups is 2. The van der Waals surface area contributed by atoms with Crippen LogP contribution in [-0.2, 0) is 6.54 Å². The van der Waals surface area contributed by atoms with Gasteiger partial charge in [0.1, 0.15) is 5.75 Å². The van der Waals surface area contributed by atoms with Crippen molar-refractivity contribution in [3.05, 3.63) is 108 Å². The smallest absolute Gasteiger partial charge is 0.251 e. The second-order valence-corrected chi connectivity index (χ2v) is 7.97. The number of aromatic carboxylic acids is 1. The lowest BCUT2D eigenvalue weighted by atomic mass is 10.1. The fourth-order valence-electron chi connectivity index (χ4n) is 3.71. The van der Waals surface area contributed by atoms with E-state index in [1.165, 1.54) is 24.3 Å². The molecule has 3 aromatic carbocycles. The van der Waals surface area contributed by atoms with Crippen LogP contribution in [0.5, 0.6) is 5.75 Å². The number of hydrogen-bond acceptors (Lipinski definition) is 6. The van der Waals surface area contributed by atoms with Crippen molar-refractivity contribution in [1.29, 1.82) is 5.41 Å². The van der Waals surface area contributed by atoms with E-state index in [1.54, 1.807) is 30.5 Å². The monoisotopic (exact) mass is 511 g/mol. The highest BCUT2D eigenvalue weighted by atomic mass is 16.4. The van der Waals surface area contributed by atoms with Crippen molar-refractivity contribution in [1.82, 2.24) is 14.9 Å². The molecule has 2 aromatic heterocycles. The average Bonchev–Trinajstić information content (AvgIpc) is 3.23. The number of benzene rings is 3. The molecule has 194 valence electrons. The third kappa shape index (κ3) is 7.31. The van der Waals surface area contributed by atoms with E-state index in [0.717, 1.165) is 21.8 Å². The minimum Gasteiger partial charge on any atom is -0.545 e. The molecule has 5 aromatic rings. The Labute approximate surface area is 218 Å². The van der Waals surface area contributed by atoms with Gasteiger partial charge in [0, 0.05) is 41.1 Å². The van der Waals surface area contributed by atoms with E-state index in [9.17, 15) is 14.7 Å². The Morgan fingerprint density at radius 1 is 0.868 bits per heavy atom. The van der Waals surface area contributed by atoms with E-state index in [0.29, 0.717) is 24.4 Å². The van der Waals surface area contributed by atoms with Crippen LogP contribution in [0.25, 0.3) is 21.8 Å². The molecule has 2 heterocycles. The predicted octanol–water partition coefficient (Wildman–Crippen LogP) is 2.21. The van der Waals surface area contributed by atoms with Crippen molar-refractivity contribution in [2.75, 3.05) is 6.54 Å². The highest BCUT2D eigenvalue weighted by Gasteiger charge is 2.11. The highest BCUT2D eigenvalue weighted by Crippen LogP contribution is 2.27. The number of para-hydroxylation sites is 2. The molecule has 0 spiro atoms. The van der Waals surface area contributed by atoms with Crippen LogP contribution in [0.4, 0.5) is 0 Å². The Hall–Kier alpha value is -5.38. The van der Waals surface area contributed by atoms with Gasteiger partial charge in [0.15, 0.2) is 5.96 Å². The van der Waals surface area contributed by atoms with E-state index in [1.807, 2.05) is 30.5 Å². The number of guanidine groups is 1. The van der Waals surface area contributed by atoms with Gasteiger partial charge in [-0.2, -0.15) is 0 Å². The Morgan fingerprint density at radius 2 is 1.45 bits per heavy atom. The number of nitrogens with zero attached hydrogens (tertiary/aromatic N) is 2. The molecule has 0 saturated carbocycles. The van der Waals surface area contributed by atoms with Crippen LogP contribution >= 0.6 is 0 Å². The van der Waals surface area contributed by atoms with Crippen molar-refractivity contribution in [2.45, 2.75) is 6.54 Å². The first kappa shape index (κ1) is 27.2. The summed E-state index contributed by atoms with van der Waals surface area (Å²) >= 11 is 0. The number of carbonyl (C=O) groups excluding carboxylic acids is 2. The van der Waals surface area contributed by atoms with Crippen molar-refractivity contribution >= 4 is 39.6 Å². The van der Waals surface area contributed by atoms with E-state index in [4.69, 9.17) is 10.5 Å². The number of aromatic hydroxyl groups is 1. The number of phenolic OH excluding ortho intramolecular Hbond substituents is 1. The molecule has 0 aliphatic heterocycles. The quantitative estimate of drug-likeness (QED) is 0.177. The third-order valence-corrected chi connectivity index (χ3v) is 5.34. The minimum atomic E-state index is -1.26. The lowest BCUT2D eigenvalue weighted by Gasteiger charge is -2.09. The standard InChI is InChI=1S/C21H17N3O3.C6H6O.CH5N3/c25-20(14-5-7-15(8-6-14)21(26)27)23-11-12-24-18-4-2-1-3-16(18)17-9-10-22-13-19(17)24;7-6-4-2-1-3-5-6;2-1(3)4/h1-10,13H,11-12H2,(H,23,25)(H,26,27);1-5,7H;(H5,2,3,4)/p-1. The summed E-state index contributed by atoms with van der Waals surface area (Å²) in [5, 5.41) is 30.6. The average molecular weight is 512 g/mol. The largest absolute Gasteiger partial charge is 0.545 e. The van der Waals surface area contributed by atoms with Gasteiger partial charge >= 0.3 is 0 Å². The fraction of sp³-hybridized carbons (Fsp3) is 0.0714. The van der Waals surface area contributed by atoms with Crippen LogP contribution in [-0.4, -0.2) is 39.0 Å². The summed E-state index contributed by atoms with van der Waals surface area (Å²) in [6, 6.07) is 24.5. The van der Waals surface area contributed by atoms with Gasteiger partial charge in [-0.3, -0.25) is 15.2 Å². The number of carboxylic acids is 1. The second kappa shape index (κ2) is 13.1. The number of amides is 1. The maximum Gasteiger partial charge on any atom is 0.251 e. The number of nitrogens with one attached hydrogen (secondary N) is 2. The molecule has 0 unspecified atom stereocenters. The number of aromatic nitrogens is 2. The zero-order chi connectivity index (χ0) is 27.5. The summed E-state index contributed by atoms with van der Waals surface area (Å²) in [6.07, 6.45) is 3.60. The Morgan fingerprint density at radius 3 is 2.05 bits per heavy atom. The first-order valence-corrected chi connectivity index (χ1v) is 11.5. The second-order valence-electron chi connectivity index (χ2n) is 7.97. The normalized spacial score (nSPS) is 10.0. The lowest BCUT2D eigenvalue weighted by Crippen LogP contribution is -2.27. The van der Waals surface area contributed by atoms with Gasteiger partial charge in [0.2, 0.25) is 0 Å². The number of phenols is 1. The van der Waals surface area contributed by atoms with E-state index < -0.39 is 5.97 Å². The number of fused-ring (bicyclic) bond motifs is 3. The number of pyridine rings is 1. The van der Waals surface area contributed by atoms with Gasteiger partial charge in [-0.25, -0.2) is 0 Å². The molecular weight excluding hydrogens is 484 g/mol. The molecule has 7 N–H and O–H groups in total. The molecule has 5 rings (SSSR count). The molecular formula is C28H27N6O4-. The fourth-order valence-corrected chi connectivity index (χ4v) is 3.71. The van der Waals surface area contributed by atoms with Crippen molar-refractivity contribution < 1.29 is 19.8 Å². The van der Waals surface area contributed by atoms with Gasteiger partial charge in [-0.05, 0) is 42.0 Å². The predicted molar refractivity (Wildman–Crippen MR) is 145 cm³/mol. The van der Waals surface area contributed by atoms with E-state index >= 15 is 0 Å². The first-order chi connectivity index (χ1) is 18.3. The summed E-state index contributed by atoms with van der Waals surface area (Å²) in [5.74, 6) is -1.52. The molecule has 0 bridgehead atoms. The zero-order valence-corrected chi connectivity index (χ0v) is 20.4. The first-order valence-electron chi connectivity index (χ1n) is 11.5. The third-order valence-electron chi connectivity index (χ3n) is 5.34. The van der Waals surface area contributed by atoms with E-state index in [-0.39, 0.29) is 17.4 Å². The SMILES string of the molecule is N=C(N)N.O=C([O-])c1ccc(C(=O)NCCn2c3ccccc3c3ccncc32)cc1.Oc1ccccc1. The molecule has 0 fully saturated rings. The maximum atomic E-state index is 12.3. The minimum absolute atomic E-state index is 0.0457. The number of hydrogen-bond donors (Lipinski definition) is 5. The molecule has 0 atom stereocenters. The van der Waals surface area contributed by atoms with E-state index in [2.05, 4.69) is 38.5 Å². The molecule has 1 amide bonds. The van der Waals surface area contributed by atoms with Gasteiger partial charge in [0.05, 0.1) is 17.7 Å². The van der Waals surface area contributed by atoms with Crippen molar-refractivity contribution in [2.24, 2.45) is 11.5 Å². The number of nitrogens with two attached hydrogens (primary N) is 2. The van der Waals surface area contributed by atoms with Crippen LogP contribution in [0.1, 0.15) is 20.7 Å². The van der Waals surface area contributed by atoms with Crippen molar-refractivity contribution in [3.8, 4) is 5.75 Å². The van der Waals surface area contributed by atoms with Crippen LogP contribution in [0, 0.1) is 5.41 Å². The van der Waals surface area contributed by atoms with Crippen LogP contribution in [0.3, 0.4) is 0 Å². The van der Waals surface area contributed by atoms with Crippen LogP contribution in [0.15, 0.2) is 97.3 Å². The molecule has 0 aliphatic carbocycles. The van der Waals surface area contributed by atoms with Crippen LogP contribution < -0.4 is 21.9 Å². The van der Waals surface area contributed by atoms with Gasteiger partial charge in [-0.1, -0.05) is 48.5 Å². The zero-order valence-electron chi connectivity index (χ0n) is 20.4. The molecule has 10 heteroatoms. The molecule has 10 nitrogen and oxygen atoms in total. The summed E-state index contributed by atoms with van der Waals surface area (Å²) in [4.78, 5) is 27.3. The molecule has 0 saturated heterocycles. The van der Waals surface area contributed by atoms with Gasteiger partial charge in [0.25, 0.3) is 5.91 Å². The Balaban J connectivity index is 0.000000304. The van der Waals surface area contributed by atoms with Gasteiger partial charge in [-0.15, -0.1) is 0 Å². The summed E-state index contributed by atoms with van der Waals surface area (Å²) in [7, 11) is 0. The molecule has 0 aliphatic rings. The number of carboxylic acid groups (broad SMARTS) is 1. The number of rotatable bonds is 5.